The summed E-state index contributed by atoms with van der Waals surface area (Å²) in [7, 11) is 1.69. The minimum Gasteiger partial charge on any atom is -0.355 e. The number of carbonyl (C=O) groups excluding carboxylic acids is 1. The fraction of sp³-hybridized carbons (Fsp3) is 0.235. The zero-order valence-corrected chi connectivity index (χ0v) is 15.3. The first kappa shape index (κ1) is 17.3. The Morgan fingerprint density at radius 3 is 2.76 bits per heavy atom. The van der Waals surface area contributed by atoms with Crippen LogP contribution in [0.5, 0.6) is 0 Å². The lowest BCUT2D eigenvalue weighted by molar-refractivity contribution is 0.0771. The monoisotopic (exact) mass is 406 g/mol. The van der Waals surface area contributed by atoms with Gasteiger partial charge in [-0.1, -0.05) is 5.16 Å². The van der Waals surface area contributed by atoms with E-state index >= 15 is 0 Å². The number of hydrogen-bond acceptors (Lipinski definition) is 4. The van der Waals surface area contributed by atoms with Crippen LogP contribution in [-0.4, -0.2) is 32.8 Å². The summed E-state index contributed by atoms with van der Waals surface area (Å²) in [6, 6.07) is 7.36. The molecule has 130 valence electrons. The molecular formula is C17H16BrFN4O2. The van der Waals surface area contributed by atoms with Crippen LogP contribution in [0.1, 0.15) is 23.1 Å². The lowest BCUT2D eigenvalue weighted by Gasteiger charge is -2.16. The zero-order chi connectivity index (χ0) is 18.0. The molecule has 1 amide bonds. The van der Waals surface area contributed by atoms with Crippen LogP contribution >= 0.6 is 15.9 Å². The van der Waals surface area contributed by atoms with E-state index in [0.717, 1.165) is 10.2 Å². The number of amides is 1. The van der Waals surface area contributed by atoms with Crippen LogP contribution in [0.4, 0.5) is 4.39 Å². The highest BCUT2D eigenvalue weighted by molar-refractivity contribution is 9.10. The van der Waals surface area contributed by atoms with Gasteiger partial charge < -0.3 is 9.42 Å². The molecule has 0 aliphatic heterocycles. The molecule has 0 saturated carbocycles. The van der Waals surface area contributed by atoms with Crippen LogP contribution < -0.4 is 0 Å². The summed E-state index contributed by atoms with van der Waals surface area (Å²) in [6.07, 6.45) is 1.71. The largest absolute Gasteiger partial charge is 0.355 e. The molecule has 8 heteroatoms. The van der Waals surface area contributed by atoms with Gasteiger partial charge in [0.15, 0.2) is 11.5 Å². The lowest BCUT2D eigenvalue weighted by atomic mass is 10.1. The van der Waals surface area contributed by atoms with Gasteiger partial charge in [0.1, 0.15) is 5.82 Å². The lowest BCUT2D eigenvalue weighted by Crippen LogP contribution is -2.27. The van der Waals surface area contributed by atoms with Gasteiger partial charge in [-0.05, 0) is 47.1 Å². The minimum atomic E-state index is -0.336. The maximum Gasteiger partial charge on any atom is 0.276 e. The standard InChI is InChI=1S/C17H16BrFN4O2/c1-3-23-15(13(18)9-20-23)10-22(2)17(24)14-8-16(25-21-14)11-4-6-12(19)7-5-11/h4-9H,3,10H2,1-2H3. The average molecular weight is 407 g/mol. The SMILES string of the molecule is CCn1ncc(Br)c1CN(C)C(=O)c1cc(-c2ccc(F)cc2)on1. The molecule has 2 aromatic heterocycles. The molecule has 0 fully saturated rings. The second-order valence-electron chi connectivity index (χ2n) is 5.50. The summed E-state index contributed by atoms with van der Waals surface area (Å²) >= 11 is 3.45. The summed E-state index contributed by atoms with van der Waals surface area (Å²) in [4.78, 5) is 14.1. The smallest absolute Gasteiger partial charge is 0.276 e. The third-order valence-corrected chi connectivity index (χ3v) is 4.45. The van der Waals surface area contributed by atoms with Crippen molar-refractivity contribution in [3.63, 3.8) is 0 Å². The maximum absolute atomic E-state index is 13.0. The molecule has 25 heavy (non-hydrogen) atoms. The molecule has 0 radical (unpaired) electrons. The van der Waals surface area contributed by atoms with Crippen LogP contribution in [0, 0.1) is 5.82 Å². The van der Waals surface area contributed by atoms with Crippen molar-refractivity contribution >= 4 is 21.8 Å². The van der Waals surface area contributed by atoms with Crippen LogP contribution in [-0.2, 0) is 13.1 Å². The fourth-order valence-corrected chi connectivity index (χ4v) is 2.86. The van der Waals surface area contributed by atoms with Crippen LogP contribution in [0.2, 0.25) is 0 Å². The van der Waals surface area contributed by atoms with Crippen molar-refractivity contribution in [1.29, 1.82) is 0 Å². The number of hydrogen-bond donors (Lipinski definition) is 0. The van der Waals surface area contributed by atoms with E-state index in [4.69, 9.17) is 4.52 Å². The molecule has 3 rings (SSSR count). The summed E-state index contributed by atoms with van der Waals surface area (Å²) in [5.41, 5.74) is 1.75. The van der Waals surface area contributed by atoms with E-state index in [1.807, 2.05) is 11.6 Å². The topological polar surface area (TPSA) is 64.2 Å². The highest BCUT2D eigenvalue weighted by Gasteiger charge is 2.20. The number of benzene rings is 1. The Labute approximate surface area is 152 Å². The first-order valence-electron chi connectivity index (χ1n) is 7.68. The molecule has 0 aliphatic carbocycles. The summed E-state index contributed by atoms with van der Waals surface area (Å²) in [6.45, 7) is 3.07. The van der Waals surface area contributed by atoms with Crippen molar-refractivity contribution in [2.24, 2.45) is 0 Å². The van der Waals surface area contributed by atoms with E-state index in [2.05, 4.69) is 26.2 Å². The number of halogens is 2. The highest BCUT2D eigenvalue weighted by Crippen LogP contribution is 2.22. The Bertz CT molecular complexity index is 888. The van der Waals surface area contributed by atoms with Crippen molar-refractivity contribution in [3.8, 4) is 11.3 Å². The number of nitrogens with zero attached hydrogens (tertiary/aromatic N) is 4. The molecule has 0 atom stereocenters. The van der Waals surface area contributed by atoms with Crippen molar-refractivity contribution in [1.82, 2.24) is 19.8 Å². The van der Waals surface area contributed by atoms with E-state index < -0.39 is 0 Å². The number of aryl methyl sites for hydroxylation is 1. The van der Waals surface area contributed by atoms with Crippen molar-refractivity contribution in [2.75, 3.05) is 7.05 Å². The van der Waals surface area contributed by atoms with E-state index in [-0.39, 0.29) is 17.4 Å². The van der Waals surface area contributed by atoms with Crippen molar-refractivity contribution in [3.05, 3.63) is 58.2 Å². The average Bonchev–Trinajstić information content (AvgIpc) is 3.23. The van der Waals surface area contributed by atoms with Gasteiger partial charge in [-0.25, -0.2) is 4.39 Å². The Hall–Kier alpha value is -2.48. The third kappa shape index (κ3) is 3.63. The zero-order valence-electron chi connectivity index (χ0n) is 13.7. The molecule has 0 spiro atoms. The molecule has 0 bridgehead atoms. The summed E-state index contributed by atoms with van der Waals surface area (Å²) in [5, 5.41) is 8.07. The fourth-order valence-electron chi connectivity index (χ4n) is 2.44. The van der Waals surface area contributed by atoms with Crippen LogP contribution in [0.25, 0.3) is 11.3 Å². The Kier molecular flexibility index (Phi) is 4.98. The van der Waals surface area contributed by atoms with E-state index in [0.29, 0.717) is 24.4 Å². The van der Waals surface area contributed by atoms with Gasteiger partial charge in [0.25, 0.3) is 5.91 Å². The second-order valence-corrected chi connectivity index (χ2v) is 6.35. The van der Waals surface area contributed by atoms with Gasteiger partial charge >= 0.3 is 0 Å². The van der Waals surface area contributed by atoms with Crippen LogP contribution in [0.15, 0.2) is 45.5 Å². The van der Waals surface area contributed by atoms with Gasteiger partial charge in [-0.2, -0.15) is 5.10 Å². The van der Waals surface area contributed by atoms with Gasteiger partial charge in [0.05, 0.1) is 22.9 Å². The number of rotatable bonds is 5. The Balaban J connectivity index is 1.76. The van der Waals surface area contributed by atoms with E-state index in [1.165, 1.54) is 12.1 Å². The van der Waals surface area contributed by atoms with Crippen LogP contribution in [0.3, 0.4) is 0 Å². The maximum atomic E-state index is 13.0. The normalized spacial score (nSPS) is 10.9. The molecule has 6 nitrogen and oxygen atoms in total. The van der Waals surface area contributed by atoms with Crippen molar-refractivity contribution in [2.45, 2.75) is 20.0 Å². The van der Waals surface area contributed by atoms with Crippen molar-refractivity contribution < 1.29 is 13.7 Å². The van der Waals surface area contributed by atoms with Gasteiger partial charge in [-0.15, -0.1) is 0 Å². The molecule has 0 N–H and O–H groups in total. The number of carbonyl (C=O) groups is 1. The first-order valence-corrected chi connectivity index (χ1v) is 8.47. The Morgan fingerprint density at radius 1 is 1.36 bits per heavy atom. The highest BCUT2D eigenvalue weighted by atomic mass is 79.9. The number of aromatic nitrogens is 3. The predicted octanol–water partition coefficient (Wildman–Crippen LogP) is 3.73. The molecule has 2 heterocycles. The third-order valence-electron chi connectivity index (χ3n) is 3.79. The van der Waals surface area contributed by atoms with Gasteiger partial charge in [-0.3, -0.25) is 9.48 Å². The predicted molar refractivity (Wildman–Crippen MR) is 93.3 cm³/mol. The van der Waals surface area contributed by atoms with E-state index in [1.54, 1.807) is 36.3 Å². The molecule has 0 saturated heterocycles. The first-order chi connectivity index (χ1) is 12.0. The molecular weight excluding hydrogens is 391 g/mol. The molecule has 3 aromatic rings. The van der Waals surface area contributed by atoms with E-state index in [9.17, 15) is 9.18 Å². The summed E-state index contributed by atoms with van der Waals surface area (Å²) < 4.78 is 20.9. The van der Waals surface area contributed by atoms with Gasteiger partial charge in [0, 0.05) is 25.2 Å². The molecule has 0 unspecified atom stereocenters. The Morgan fingerprint density at radius 2 is 2.08 bits per heavy atom. The summed E-state index contributed by atoms with van der Waals surface area (Å²) in [5.74, 6) is -0.193. The van der Waals surface area contributed by atoms with Gasteiger partial charge in [0.2, 0.25) is 0 Å². The second kappa shape index (κ2) is 7.18. The minimum absolute atomic E-state index is 0.195. The quantitative estimate of drug-likeness (QED) is 0.647. The molecule has 0 aliphatic rings. The molecule has 1 aromatic carbocycles.